The number of likely N-dealkylation sites (N-methyl/N-ethyl adjacent to an activating group) is 8. The summed E-state index contributed by atoms with van der Waals surface area (Å²) in [7, 11) is 0. The normalized spacial score (nSPS) is 13.0. The molecule has 0 bridgehead atoms. The highest BCUT2D eigenvalue weighted by Gasteiger charge is 2.34. The van der Waals surface area contributed by atoms with E-state index in [-0.39, 0.29) is 152 Å². The predicted octanol–water partition coefficient (Wildman–Crippen LogP) is 4.50. The van der Waals surface area contributed by atoms with Gasteiger partial charge in [-0.25, -0.2) is 0 Å². The number of amides is 14. The van der Waals surface area contributed by atoms with Gasteiger partial charge in [0.15, 0.2) is 0 Å². The van der Waals surface area contributed by atoms with Gasteiger partial charge >= 0.3 is 0 Å². The Hall–Kier alpha value is -9.34. The molecule has 0 fully saturated rings. The highest BCUT2D eigenvalue weighted by atomic mass is 16.2. The van der Waals surface area contributed by atoms with Crippen LogP contribution in [0.1, 0.15) is 263 Å². The summed E-state index contributed by atoms with van der Waals surface area (Å²) < 4.78 is 0. The van der Waals surface area contributed by atoms with Crippen LogP contribution in [-0.4, -0.2) is 374 Å². The molecule has 14 amide bonds. The number of hydrogen-bond donors (Lipinski definition) is 15. The second-order valence-corrected chi connectivity index (χ2v) is 35.8. The van der Waals surface area contributed by atoms with E-state index >= 15 is 14.4 Å². The van der Waals surface area contributed by atoms with Gasteiger partial charge in [-0.05, 0) is 257 Å². The van der Waals surface area contributed by atoms with Crippen LogP contribution < -0.4 is 79.8 Å². The number of unbranched alkanes of at least 4 members (excludes halogenated alkanes) is 7. The van der Waals surface area contributed by atoms with Gasteiger partial charge in [0.1, 0.15) is 42.3 Å². The minimum Gasteiger partial charge on any atom is -0.355 e. The first kappa shape index (κ1) is 127. The first-order chi connectivity index (χ1) is 67.5. The molecule has 0 aliphatic rings. The molecule has 37 nitrogen and oxygen atoms in total. The molecule has 2 aromatic rings. The molecule has 0 heterocycles. The Morgan fingerprint density at radius 2 is 0.393 bits per heavy atom. The fraction of sp³-hybridized carbons (Fsp3) is 0.748. The van der Waals surface area contributed by atoms with Gasteiger partial charge in [0.25, 0.3) is 0 Å². The first-order valence-electron chi connectivity index (χ1n) is 53.2. The molecule has 2 rings (SSSR count). The summed E-state index contributed by atoms with van der Waals surface area (Å²) in [4.78, 5) is 214. The fourth-order valence-corrected chi connectivity index (χ4v) is 16.3. The highest BCUT2D eigenvalue weighted by molar-refractivity contribution is 5.96. The number of rotatable bonds is 85. The van der Waals surface area contributed by atoms with Gasteiger partial charge in [-0.15, -0.1) is 0 Å². The molecule has 0 spiro atoms. The lowest BCUT2D eigenvalue weighted by atomic mass is 9.97. The Labute approximate surface area is 839 Å². The summed E-state index contributed by atoms with van der Waals surface area (Å²) in [6.45, 7) is 47.5. The topological polar surface area (TPSA) is 445 Å². The van der Waals surface area contributed by atoms with Crippen LogP contribution in [0.3, 0.4) is 0 Å². The van der Waals surface area contributed by atoms with Crippen LogP contribution in [0.5, 0.6) is 0 Å². The van der Waals surface area contributed by atoms with Crippen LogP contribution in [0.25, 0.3) is 0 Å². The first-order valence-corrected chi connectivity index (χ1v) is 53.2. The van der Waals surface area contributed by atoms with Crippen LogP contribution in [0.4, 0.5) is 0 Å². The van der Waals surface area contributed by atoms with E-state index in [4.69, 9.17) is 0 Å². The van der Waals surface area contributed by atoms with Crippen molar-refractivity contribution in [1.82, 2.24) is 119 Å². The van der Waals surface area contributed by atoms with Crippen molar-refractivity contribution in [1.29, 1.82) is 0 Å². The lowest BCUT2D eigenvalue weighted by Gasteiger charge is -2.28. The third kappa shape index (κ3) is 56.5. The van der Waals surface area contributed by atoms with Gasteiger partial charge in [-0.1, -0.05) is 171 Å². The smallest absolute Gasteiger partial charge is 0.243 e. The Morgan fingerprint density at radius 1 is 0.200 bits per heavy atom. The van der Waals surface area contributed by atoms with Crippen molar-refractivity contribution in [3.63, 3.8) is 0 Å². The van der Waals surface area contributed by atoms with Crippen molar-refractivity contribution in [3.05, 3.63) is 71.8 Å². The highest BCUT2D eigenvalue weighted by Crippen LogP contribution is 2.23. The Balaban J connectivity index is 2.80. The van der Waals surface area contributed by atoms with Crippen molar-refractivity contribution >= 4 is 82.7 Å². The van der Waals surface area contributed by atoms with E-state index in [1.165, 1.54) is 0 Å². The Kier molecular flexibility index (Phi) is 71.7. The summed E-state index contributed by atoms with van der Waals surface area (Å²) in [5, 5.41) is 45.5. The van der Waals surface area contributed by atoms with Crippen LogP contribution in [0.15, 0.2) is 60.7 Å². The second-order valence-electron chi connectivity index (χ2n) is 35.8. The zero-order chi connectivity index (χ0) is 104. The van der Waals surface area contributed by atoms with Gasteiger partial charge in [-0.3, -0.25) is 101 Å². The lowest BCUT2D eigenvalue weighted by molar-refractivity contribution is -0.134. The molecule has 2 aromatic carbocycles. The minimum atomic E-state index is -1.30. The van der Waals surface area contributed by atoms with Crippen LogP contribution in [-0.2, 0) is 67.1 Å². The molecule has 0 saturated carbocycles. The third-order valence-corrected chi connectivity index (χ3v) is 25.9. The maximum absolute atomic E-state index is 15.6. The minimum absolute atomic E-state index is 0.0113. The molecule has 15 N–H and O–H groups in total. The molecule has 0 radical (unpaired) electrons. The van der Waals surface area contributed by atoms with Gasteiger partial charge in [0.2, 0.25) is 82.7 Å². The molecule has 0 saturated heterocycles. The van der Waals surface area contributed by atoms with Gasteiger partial charge < -0.3 is 84.7 Å². The van der Waals surface area contributed by atoms with Crippen LogP contribution in [0.2, 0.25) is 0 Å². The molecule has 7 atom stereocenters. The SMILES string of the molecule is CCN(CC)CCNCCCCC(NC(=O)CN(CC)CC)C(=O)NC(CCCCNC(=O)C(CCCCNC(=O)CN(CC)CC)NC(=O)CN(CC)CC)C(=O)NC(CCCCNC(=O)C(CCCCNC(=O)C(CCCCNC(=O)CN(CC)CC)NC(=O)CN(CC)CC)NC(=O)C(CCCCNC(=O)CN(CC)CC)NC(=O)CN(CC)CC)C(=O)NC(c1ccccc1)c1ccccc1. The maximum Gasteiger partial charge on any atom is 0.243 e. The van der Waals surface area contributed by atoms with E-state index in [2.05, 4.69) is 98.5 Å². The number of carbonyl (C=O) groups is 14. The van der Waals surface area contributed by atoms with Crippen LogP contribution in [0, 0.1) is 0 Å². The molecule has 7 unspecified atom stereocenters. The largest absolute Gasteiger partial charge is 0.355 e. The van der Waals surface area contributed by atoms with Gasteiger partial charge in [0, 0.05) is 52.4 Å². The molecule has 0 aromatic heterocycles. The van der Waals surface area contributed by atoms with Gasteiger partial charge in [-0.2, -0.15) is 0 Å². The summed E-state index contributed by atoms with van der Waals surface area (Å²) in [5.74, 6) is -5.54. The predicted molar refractivity (Wildman–Crippen MR) is 557 cm³/mol. The number of hydrogen-bond acceptors (Lipinski definition) is 23. The lowest BCUT2D eigenvalue weighted by Crippen LogP contribution is -2.57. The summed E-state index contributed by atoms with van der Waals surface area (Å²) >= 11 is 0. The summed E-state index contributed by atoms with van der Waals surface area (Å²) in [6.07, 6.45) is 7.10. The molecule has 0 aliphatic heterocycles. The van der Waals surface area contributed by atoms with Crippen molar-refractivity contribution in [2.45, 2.75) is 294 Å². The summed E-state index contributed by atoms with van der Waals surface area (Å²) in [6, 6.07) is 10.3. The third-order valence-electron chi connectivity index (χ3n) is 25.9. The van der Waals surface area contributed by atoms with E-state index < -0.39 is 95.6 Å². The number of benzene rings is 2. The molecule has 140 heavy (non-hydrogen) atoms. The van der Waals surface area contributed by atoms with Gasteiger partial charge in [0.05, 0.1) is 51.9 Å². The average Bonchev–Trinajstić information content (AvgIpc) is 0.832. The van der Waals surface area contributed by atoms with E-state index in [1.807, 2.05) is 192 Å². The van der Waals surface area contributed by atoms with Crippen molar-refractivity contribution in [3.8, 4) is 0 Å². The quantitative estimate of drug-likeness (QED) is 0.0405. The molecular weight excluding hydrogens is 1780 g/mol. The Morgan fingerprint density at radius 3 is 0.629 bits per heavy atom. The van der Waals surface area contributed by atoms with Crippen molar-refractivity contribution in [2.24, 2.45) is 0 Å². The summed E-state index contributed by atoms with van der Waals surface area (Å²) in [5.41, 5.74) is 1.50. The van der Waals surface area contributed by atoms with E-state index in [9.17, 15) is 52.7 Å². The van der Waals surface area contributed by atoms with E-state index in [0.717, 1.165) is 63.5 Å². The molecular formula is C103H187N23O14. The maximum atomic E-state index is 15.6. The average molecular weight is 1970 g/mol. The Bertz CT molecular complexity index is 3720. The zero-order valence-corrected chi connectivity index (χ0v) is 88.7. The zero-order valence-electron chi connectivity index (χ0n) is 88.7. The number of nitrogens with zero attached hydrogens (tertiary/aromatic N) is 8. The molecule has 798 valence electrons. The van der Waals surface area contributed by atoms with Crippen molar-refractivity contribution in [2.75, 3.05) is 209 Å². The molecule has 0 aliphatic carbocycles. The monoisotopic (exact) mass is 1970 g/mol. The fourth-order valence-electron chi connectivity index (χ4n) is 16.3. The van der Waals surface area contributed by atoms with E-state index in [1.54, 1.807) is 0 Å². The number of carbonyl (C=O) groups excluding carboxylic acids is 14. The molecule has 37 heteroatoms. The van der Waals surface area contributed by atoms with E-state index in [0.29, 0.717) is 175 Å². The second kappa shape index (κ2) is 79.2. The number of nitrogens with one attached hydrogen (secondary N) is 15. The standard InChI is InChI=1S/C103H187N23O14/c1-17-119(18-2)72-71-104-64-46-39-60-85(113-94(132)78-125(29-13)30-14)101(138)116-87(62-44-51-69-109-98(135)83(112-93(131)77-124(27-11)28-12)58-41-48-66-106-90(128)74-121(21-5)22-6)102(139)117-88(103(140)118-96(80-53-35-33-36-54-80)81-55-37-34-38-56-81)63-45-52-70-110-99(136)84(115-100(137)86(114-95(133)79-126(31-15)32-16)61-42-49-67-107-91(129)75-122(23-7)24-8)59-43-50-68-108-97(134)82(111-92(130)76-123(25-9)26-10)57-40-47-65-105-89(127)73-120(19-3)20-4/h33-38,53-56,82-88,96,104H,17-32,39-52,57-79H2,1-16H3,(H,105,127)(H,106,128)(H,107,129)(H,108,134)(H,109,135)(H,110,136)(H,111,130)(H,112,131)(H,113,132)(H,114,133)(H,115,137)(H,116,138)(H,117,139)(H,118,140). The van der Waals surface area contributed by atoms with Crippen LogP contribution >= 0.6 is 0 Å². The van der Waals surface area contributed by atoms with Crippen molar-refractivity contribution < 1.29 is 67.1 Å².